The van der Waals surface area contributed by atoms with Gasteiger partial charge in [-0.2, -0.15) is 0 Å². The second-order valence-electron chi connectivity index (χ2n) is 5.55. The van der Waals surface area contributed by atoms with E-state index in [0.717, 1.165) is 19.5 Å². The maximum atomic E-state index is 8.95. The molecule has 0 aliphatic heterocycles. The molecule has 0 aliphatic carbocycles. The normalized spacial score (nSPS) is 14.3. The van der Waals surface area contributed by atoms with Crippen molar-refractivity contribution in [3.8, 4) is 0 Å². The topological polar surface area (TPSA) is 55.7 Å². The van der Waals surface area contributed by atoms with Crippen LogP contribution in [0.2, 0.25) is 0 Å². The summed E-state index contributed by atoms with van der Waals surface area (Å²) < 4.78 is 0. The van der Waals surface area contributed by atoms with Gasteiger partial charge in [-0.05, 0) is 24.9 Å². The van der Waals surface area contributed by atoms with Crippen LogP contribution in [0.3, 0.4) is 0 Å². The molecular weight excluding hydrogens is 216 g/mol. The van der Waals surface area contributed by atoms with Crippen molar-refractivity contribution in [3.05, 3.63) is 0 Å². The average molecular weight is 246 g/mol. The maximum absolute atomic E-state index is 8.95. The highest BCUT2D eigenvalue weighted by Crippen LogP contribution is 2.21. The van der Waals surface area contributed by atoms with E-state index in [9.17, 15) is 0 Å². The summed E-state index contributed by atoms with van der Waals surface area (Å²) in [6.07, 6.45) is 1.04. The van der Waals surface area contributed by atoms with Crippen molar-refractivity contribution in [2.45, 2.75) is 40.2 Å². The van der Waals surface area contributed by atoms with Gasteiger partial charge in [-0.1, -0.05) is 27.7 Å². The summed E-state index contributed by atoms with van der Waals surface area (Å²) >= 11 is 0. The van der Waals surface area contributed by atoms with Gasteiger partial charge >= 0.3 is 0 Å². The number of nitrogens with one attached hydrogen (secondary N) is 1. The van der Waals surface area contributed by atoms with Crippen LogP contribution in [0.5, 0.6) is 0 Å². The fraction of sp³-hybridized carbons (Fsp3) is 1.00. The molecule has 3 N–H and O–H groups in total. The lowest BCUT2D eigenvalue weighted by Gasteiger charge is -2.33. The molecule has 1 atom stereocenters. The molecule has 1 unspecified atom stereocenters. The van der Waals surface area contributed by atoms with Crippen LogP contribution in [0.25, 0.3) is 0 Å². The van der Waals surface area contributed by atoms with Gasteiger partial charge in [0.15, 0.2) is 0 Å². The van der Waals surface area contributed by atoms with Gasteiger partial charge in [0.05, 0.1) is 13.2 Å². The van der Waals surface area contributed by atoms with E-state index in [-0.39, 0.29) is 18.6 Å². The van der Waals surface area contributed by atoms with Gasteiger partial charge in [0.2, 0.25) is 0 Å². The Balaban J connectivity index is 4.16. The molecule has 0 heterocycles. The first-order valence-electron chi connectivity index (χ1n) is 6.63. The summed E-state index contributed by atoms with van der Waals surface area (Å²) in [6, 6.07) is 0.465. The molecule has 0 aromatic carbocycles. The van der Waals surface area contributed by atoms with E-state index >= 15 is 0 Å². The van der Waals surface area contributed by atoms with E-state index in [2.05, 4.69) is 37.9 Å². The summed E-state index contributed by atoms with van der Waals surface area (Å²) in [7, 11) is 0. The number of rotatable bonds is 9. The van der Waals surface area contributed by atoms with Crippen molar-refractivity contribution in [1.29, 1.82) is 0 Å². The van der Waals surface area contributed by atoms with E-state index < -0.39 is 0 Å². The first kappa shape index (κ1) is 16.8. The van der Waals surface area contributed by atoms with Crippen LogP contribution in [0, 0.1) is 5.41 Å². The molecule has 0 saturated heterocycles. The quantitative estimate of drug-likeness (QED) is 0.560. The Bertz CT molecular complexity index is 175. The minimum atomic E-state index is 0.154. The van der Waals surface area contributed by atoms with Gasteiger partial charge < -0.3 is 15.5 Å². The lowest BCUT2D eigenvalue weighted by atomic mass is 9.84. The Morgan fingerprint density at radius 2 is 1.59 bits per heavy atom. The average Bonchev–Trinajstić information content (AvgIpc) is 2.23. The molecule has 0 radical (unpaired) electrons. The molecule has 4 heteroatoms. The Kier molecular flexibility index (Phi) is 8.78. The molecule has 0 amide bonds. The number of hydrogen-bond donors (Lipinski definition) is 3. The summed E-state index contributed by atoms with van der Waals surface area (Å²) in [6.45, 7) is 12.3. The summed E-state index contributed by atoms with van der Waals surface area (Å²) in [5, 5.41) is 21.4. The third-order valence-electron chi connectivity index (χ3n) is 3.06. The Labute approximate surface area is 106 Å². The largest absolute Gasteiger partial charge is 0.395 e. The van der Waals surface area contributed by atoms with Crippen molar-refractivity contribution in [2.75, 3.05) is 39.4 Å². The first-order chi connectivity index (χ1) is 7.95. The molecule has 0 bridgehead atoms. The Morgan fingerprint density at radius 1 is 1.06 bits per heavy atom. The highest BCUT2D eigenvalue weighted by molar-refractivity contribution is 4.81. The van der Waals surface area contributed by atoms with Gasteiger partial charge in [0.25, 0.3) is 0 Å². The number of hydrogen-bond acceptors (Lipinski definition) is 4. The molecule has 0 rings (SSSR count). The Morgan fingerprint density at radius 3 is 1.94 bits per heavy atom. The van der Waals surface area contributed by atoms with Crippen molar-refractivity contribution in [3.63, 3.8) is 0 Å². The minimum Gasteiger partial charge on any atom is -0.395 e. The van der Waals surface area contributed by atoms with Gasteiger partial charge in [-0.25, -0.2) is 0 Å². The molecule has 0 aliphatic rings. The third kappa shape index (κ3) is 7.71. The van der Waals surface area contributed by atoms with Crippen LogP contribution < -0.4 is 5.32 Å². The second-order valence-corrected chi connectivity index (χ2v) is 5.55. The van der Waals surface area contributed by atoms with E-state index in [0.29, 0.717) is 19.1 Å². The van der Waals surface area contributed by atoms with Gasteiger partial charge in [0, 0.05) is 19.1 Å². The SMILES string of the molecule is CCNC(CCN(CCO)CCO)C(C)(C)C. The van der Waals surface area contributed by atoms with Crippen molar-refractivity contribution in [2.24, 2.45) is 5.41 Å². The van der Waals surface area contributed by atoms with Crippen molar-refractivity contribution in [1.82, 2.24) is 10.2 Å². The smallest absolute Gasteiger partial charge is 0.0558 e. The molecule has 0 saturated carbocycles. The van der Waals surface area contributed by atoms with Gasteiger partial charge in [-0.3, -0.25) is 4.90 Å². The molecule has 0 spiro atoms. The summed E-state index contributed by atoms with van der Waals surface area (Å²) in [5.74, 6) is 0. The molecule has 0 aromatic heterocycles. The molecular formula is C13H30N2O2. The van der Waals surface area contributed by atoms with Crippen molar-refractivity contribution >= 4 is 0 Å². The maximum Gasteiger partial charge on any atom is 0.0558 e. The fourth-order valence-electron chi connectivity index (χ4n) is 2.02. The van der Waals surface area contributed by atoms with Crippen LogP contribution >= 0.6 is 0 Å². The standard InChI is InChI=1S/C13H30N2O2/c1-5-14-12(13(2,3)4)6-7-15(8-10-16)9-11-17/h12,14,16-17H,5-11H2,1-4H3. The van der Waals surface area contributed by atoms with Gasteiger partial charge in [-0.15, -0.1) is 0 Å². The zero-order valence-corrected chi connectivity index (χ0v) is 11.9. The number of aliphatic hydroxyl groups excluding tert-OH is 2. The van der Waals surface area contributed by atoms with Gasteiger partial charge in [0.1, 0.15) is 0 Å². The van der Waals surface area contributed by atoms with Crippen LogP contribution in [-0.4, -0.2) is 60.5 Å². The molecule has 104 valence electrons. The second kappa shape index (κ2) is 8.86. The number of aliphatic hydroxyl groups is 2. The number of nitrogens with zero attached hydrogens (tertiary/aromatic N) is 1. The molecule has 0 aromatic rings. The van der Waals surface area contributed by atoms with Crippen LogP contribution in [0.15, 0.2) is 0 Å². The van der Waals surface area contributed by atoms with Crippen molar-refractivity contribution < 1.29 is 10.2 Å². The van der Waals surface area contributed by atoms with E-state index in [1.54, 1.807) is 0 Å². The predicted octanol–water partition coefficient (Wildman–Crippen LogP) is 0.687. The van der Waals surface area contributed by atoms with Crippen LogP contribution in [0.4, 0.5) is 0 Å². The fourth-order valence-corrected chi connectivity index (χ4v) is 2.02. The third-order valence-corrected chi connectivity index (χ3v) is 3.06. The summed E-state index contributed by atoms with van der Waals surface area (Å²) in [5.41, 5.74) is 0.236. The summed E-state index contributed by atoms with van der Waals surface area (Å²) in [4.78, 5) is 2.11. The molecule has 0 fully saturated rings. The van der Waals surface area contributed by atoms with Crippen LogP contribution in [0.1, 0.15) is 34.1 Å². The first-order valence-corrected chi connectivity index (χ1v) is 6.63. The lowest BCUT2D eigenvalue weighted by molar-refractivity contribution is 0.145. The highest BCUT2D eigenvalue weighted by Gasteiger charge is 2.23. The lowest BCUT2D eigenvalue weighted by Crippen LogP contribution is -2.43. The van der Waals surface area contributed by atoms with Crippen LogP contribution in [-0.2, 0) is 0 Å². The monoisotopic (exact) mass is 246 g/mol. The minimum absolute atomic E-state index is 0.154. The van der Waals surface area contributed by atoms with E-state index in [4.69, 9.17) is 10.2 Å². The Hall–Kier alpha value is -0.160. The predicted molar refractivity (Wildman–Crippen MR) is 72.1 cm³/mol. The highest BCUT2D eigenvalue weighted by atomic mass is 16.3. The molecule has 4 nitrogen and oxygen atoms in total. The van der Waals surface area contributed by atoms with E-state index in [1.807, 2.05) is 0 Å². The van der Waals surface area contributed by atoms with E-state index in [1.165, 1.54) is 0 Å². The zero-order chi connectivity index (χ0) is 13.3. The molecule has 17 heavy (non-hydrogen) atoms. The zero-order valence-electron chi connectivity index (χ0n) is 11.9.